The molecule has 4 heteroatoms. The Morgan fingerprint density at radius 1 is 1.40 bits per heavy atom. The molecule has 0 aliphatic carbocycles. The number of benzene rings is 1. The summed E-state index contributed by atoms with van der Waals surface area (Å²) >= 11 is 2.02. The molecule has 0 aliphatic rings. The van der Waals surface area contributed by atoms with Gasteiger partial charge in [-0.1, -0.05) is 30.3 Å². The minimum Gasteiger partial charge on any atom is -0.355 e. The van der Waals surface area contributed by atoms with E-state index in [1.165, 1.54) is 0 Å². The molecule has 0 saturated carbocycles. The van der Waals surface area contributed by atoms with Crippen LogP contribution in [-0.4, -0.2) is 18.5 Å². The van der Waals surface area contributed by atoms with Crippen LogP contribution in [-0.2, 0) is 11.2 Å². The van der Waals surface area contributed by atoms with Crippen molar-refractivity contribution in [2.75, 3.05) is 6.54 Å². The molecule has 1 aromatic rings. The van der Waals surface area contributed by atoms with Gasteiger partial charge in [-0.05, 0) is 18.9 Å². The maximum absolute atomic E-state index is 11.6. The summed E-state index contributed by atoms with van der Waals surface area (Å²) in [5.74, 6) is 0.0516. The molecule has 1 rings (SSSR count). The number of rotatable bonds is 5. The first-order chi connectivity index (χ1) is 7.27. The molecule has 1 aromatic carbocycles. The van der Waals surface area contributed by atoms with Crippen molar-refractivity contribution >= 4 is 28.8 Å². The summed E-state index contributed by atoms with van der Waals surface area (Å²) in [5, 5.41) is 2.81. The molecule has 1 amide bonds. The highest BCUT2D eigenvalue weighted by Crippen LogP contribution is 2.04. The molecular formula is C11H15IN2O. The van der Waals surface area contributed by atoms with Crippen LogP contribution in [0.4, 0.5) is 0 Å². The Bertz CT molecular complexity index is 303. The van der Waals surface area contributed by atoms with Gasteiger partial charge >= 0.3 is 0 Å². The minimum absolute atomic E-state index is 0.0516. The summed E-state index contributed by atoms with van der Waals surface area (Å²) in [6.45, 7) is 2.59. The predicted octanol–water partition coefficient (Wildman–Crippen LogP) is 1.67. The number of likely N-dealkylation sites (N-methyl/N-ethyl adjacent to an activating group) is 1. The molecule has 1 atom stereocenters. The zero-order valence-electron chi connectivity index (χ0n) is 8.66. The lowest BCUT2D eigenvalue weighted by atomic mass is 10.1. The van der Waals surface area contributed by atoms with Gasteiger partial charge in [-0.2, -0.15) is 0 Å². The molecule has 0 aliphatic heterocycles. The molecule has 15 heavy (non-hydrogen) atoms. The molecule has 1 unspecified atom stereocenters. The standard InChI is InChI=1S/C11H15IN2O/c1-2-13-11(15)10(14-12)8-9-6-4-3-5-7-9/h3-7,10,14H,2,8H2,1H3,(H,13,15). The van der Waals surface area contributed by atoms with Crippen molar-refractivity contribution in [3.63, 3.8) is 0 Å². The second-order valence-corrected chi connectivity index (χ2v) is 3.87. The Kier molecular flexibility index (Phi) is 5.63. The number of halogens is 1. The summed E-state index contributed by atoms with van der Waals surface area (Å²) in [7, 11) is 0. The normalized spacial score (nSPS) is 12.1. The Balaban J connectivity index is 2.58. The summed E-state index contributed by atoms with van der Waals surface area (Å²) in [4.78, 5) is 11.6. The van der Waals surface area contributed by atoms with Crippen LogP contribution < -0.4 is 8.85 Å². The van der Waals surface area contributed by atoms with Crippen LogP contribution in [0.2, 0.25) is 0 Å². The van der Waals surface area contributed by atoms with Crippen molar-refractivity contribution in [1.82, 2.24) is 8.85 Å². The molecule has 0 heterocycles. The van der Waals surface area contributed by atoms with E-state index in [1.54, 1.807) is 0 Å². The fourth-order valence-corrected chi connectivity index (χ4v) is 1.83. The highest BCUT2D eigenvalue weighted by atomic mass is 127. The maximum atomic E-state index is 11.6. The third-order valence-electron chi connectivity index (χ3n) is 2.08. The average Bonchev–Trinajstić information content (AvgIpc) is 2.27. The van der Waals surface area contributed by atoms with Gasteiger partial charge in [0.1, 0.15) is 0 Å². The molecule has 0 aromatic heterocycles. The van der Waals surface area contributed by atoms with Crippen molar-refractivity contribution in [3.05, 3.63) is 35.9 Å². The Morgan fingerprint density at radius 2 is 2.07 bits per heavy atom. The SMILES string of the molecule is CCNC(=O)C(Cc1ccccc1)NI. The average molecular weight is 318 g/mol. The largest absolute Gasteiger partial charge is 0.355 e. The molecule has 3 nitrogen and oxygen atoms in total. The van der Waals surface area contributed by atoms with E-state index < -0.39 is 0 Å². The smallest absolute Gasteiger partial charge is 0.238 e. The van der Waals surface area contributed by atoms with Crippen LogP contribution in [0.15, 0.2) is 30.3 Å². The van der Waals surface area contributed by atoms with Crippen LogP contribution >= 0.6 is 22.9 Å². The van der Waals surface area contributed by atoms with Gasteiger partial charge in [0, 0.05) is 29.4 Å². The molecule has 0 saturated heterocycles. The van der Waals surface area contributed by atoms with E-state index in [0.29, 0.717) is 6.54 Å². The number of nitrogens with one attached hydrogen (secondary N) is 2. The highest BCUT2D eigenvalue weighted by Gasteiger charge is 2.16. The number of amides is 1. The van der Waals surface area contributed by atoms with E-state index in [1.807, 2.05) is 60.1 Å². The first kappa shape index (κ1) is 12.4. The van der Waals surface area contributed by atoms with Crippen LogP contribution in [0.3, 0.4) is 0 Å². The molecule has 2 N–H and O–H groups in total. The lowest BCUT2D eigenvalue weighted by molar-refractivity contribution is -0.122. The zero-order chi connectivity index (χ0) is 11.1. The van der Waals surface area contributed by atoms with Gasteiger partial charge in [-0.25, -0.2) is 3.53 Å². The second-order valence-electron chi connectivity index (χ2n) is 3.25. The topological polar surface area (TPSA) is 41.1 Å². The number of hydrogen-bond donors (Lipinski definition) is 2. The minimum atomic E-state index is -0.159. The highest BCUT2D eigenvalue weighted by molar-refractivity contribution is 14.1. The van der Waals surface area contributed by atoms with Crippen LogP contribution in [0.5, 0.6) is 0 Å². The van der Waals surface area contributed by atoms with Gasteiger partial charge < -0.3 is 5.32 Å². The van der Waals surface area contributed by atoms with Gasteiger partial charge in [0.15, 0.2) is 0 Å². The Hall–Kier alpha value is -0.620. The quantitative estimate of drug-likeness (QED) is 0.641. The predicted molar refractivity (Wildman–Crippen MR) is 69.8 cm³/mol. The fraction of sp³-hybridized carbons (Fsp3) is 0.364. The first-order valence-corrected chi connectivity index (χ1v) is 6.03. The van der Waals surface area contributed by atoms with Gasteiger partial charge in [0.2, 0.25) is 5.91 Å². The summed E-state index contributed by atoms with van der Waals surface area (Å²) < 4.78 is 2.99. The Morgan fingerprint density at radius 3 is 2.60 bits per heavy atom. The summed E-state index contributed by atoms with van der Waals surface area (Å²) in [6, 6.07) is 9.84. The van der Waals surface area contributed by atoms with E-state index in [4.69, 9.17) is 0 Å². The van der Waals surface area contributed by atoms with E-state index in [-0.39, 0.29) is 11.9 Å². The monoisotopic (exact) mass is 318 g/mol. The van der Waals surface area contributed by atoms with E-state index >= 15 is 0 Å². The van der Waals surface area contributed by atoms with Crippen molar-refractivity contribution in [2.45, 2.75) is 19.4 Å². The van der Waals surface area contributed by atoms with Gasteiger partial charge in [0.05, 0.1) is 6.04 Å². The van der Waals surface area contributed by atoms with Crippen molar-refractivity contribution in [3.8, 4) is 0 Å². The molecule has 82 valence electrons. The van der Waals surface area contributed by atoms with Crippen LogP contribution in [0.1, 0.15) is 12.5 Å². The van der Waals surface area contributed by atoms with Crippen molar-refractivity contribution in [1.29, 1.82) is 0 Å². The van der Waals surface area contributed by atoms with Gasteiger partial charge in [-0.15, -0.1) is 0 Å². The van der Waals surface area contributed by atoms with Gasteiger partial charge in [0.25, 0.3) is 0 Å². The molecule has 0 spiro atoms. The van der Waals surface area contributed by atoms with E-state index in [9.17, 15) is 4.79 Å². The Labute approximate surface area is 104 Å². The lowest BCUT2D eigenvalue weighted by Crippen LogP contribution is -2.41. The number of hydrogen-bond acceptors (Lipinski definition) is 2. The summed E-state index contributed by atoms with van der Waals surface area (Å²) in [5.41, 5.74) is 1.16. The molecule has 0 radical (unpaired) electrons. The molecular weight excluding hydrogens is 303 g/mol. The third-order valence-corrected chi connectivity index (χ3v) is 2.83. The fourth-order valence-electron chi connectivity index (χ4n) is 1.33. The van der Waals surface area contributed by atoms with Crippen LogP contribution in [0, 0.1) is 0 Å². The van der Waals surface area contributed by atoms with E-state index in [0.717, 1.165) is 12.0 Å². The molecule has 0 fully saturated rings. The van der Waals surface area contributed by atoms with Crippen molar-refractivity contribution < 1.29 is 4.79 Å². The molecule has 0 bridgehead atoms. The van der Waals surface area contributed by atoms with Crippen LogP contribution in [0.25, 0.3) is 0 Å². The number of carbonyl (C=O) groups excluding carboxylic acids is 1. The zero-order valence-corrected chi connectivity index (χ0v) is 10.8. The van der Waals surface area contributed by atoms with E-state index in [2.05, 4.69) is 8.85 Å². The summed E-state index contributed by atoms with van der Waals surface area (Å²) in [6.07, 6.45) is 0.718. The lowest BCUT2D eigenvalue weighted by Gasteiger charge is -2.14. The van der Waals surface area contributed by atoms with Gasteiger partial charge in [-0.3, -0.25) is 4.79 Å². The second kappa shape index (κ2) is 6.79. The number of carbonyl (C=O) groups is 1. The third kappa shape index (κ3) is 4.17. The van der Waals surface area contributed by atoms with Crippen molar-refractivity contribution in [2.24, 2.45) is 0 Å². The first-order valence-electron chi connectivity index (χ1n) is 4.95. The maximum Gasteiger partial charge on any atom is 0.238 e.